The van der Waals surface area contributed by atoms with Crippen LogP contribution in [0.4, 0.5) is 0 Å². The molecule has 0 radical (unpaired) electrons. The van der Waals surface area contributed by atoms with E-state index >= 15 is 0 Å². The zero-order valence-electron chi connectivity index (χ0n) is 22.9. The first-order chi connectivity index (χ1) is 17.2. The van der Waals surface area contributed by atoms with E-state index in [1.54, 1.807) is 14.2 Å². The van der Waals surface area contributed by atoms with Crippen LogP contribution >= 0.6 is 0 Å². The fourth-order valence-corrected chi connectivity index (χ4v) is 6.67. The molecule has 5 heteroatoms. The Kier molecular flexibility index (Phi) is 8.11. The highest BCUT2D eigenvalue weighted by Crippen LogP contribution is 2.46. The lowest BCUT2D eigenvalue weighted by atomic mass is 9.58. The minimum Gasteiger partial charge on any atom is -0.496 e. The van der Waals surface area contributed by atoms with Gasteiger partial charge in [0.2, 0.25) is 0 Å². The lowest BCUT2D eigenvalue weighted by Gasteiger charge is -2.50. The smallest absolute Gasteiger partial charge is 0.140 e. The van der Waals surface area contributed by atoms with E-state index in [4.69, 9.17) is 9.47 Å². The number of para-hydroxylation sites is 2. The second-order valence-electron chi connectivity index (χ2n) is 11.8. The third-order valence-electron chi connectivity index (χ3n) is 9.16. The first-order valence-electron chi connectivity index (χ1n) is 13.4. The molecule has 2 aliphatic rings. The number of carbonyl (C=O) groups is 1. The fourth-order valence-electron chi connectivity index (χ4n) is 6.67. The molecule has 2 saturated heterocycles. The van der Waals surface area contributed by atoms with Crippen LogP contribution < -0.4 is 20.1 Å². The van der Waals surface area contributed by atoms with E-state index in [0.29, 0.717) is 5.78 Å². The molecule has 196 valence electrons. The zero-order chi connectivity index (χ0) is 25.9. The highest BCUT2D eigenvalue weighted by atomic mass is 16.5. The Bertz CT molecular complexity index is 966. The molecule has 4 unspecified atom stereocenters. The minimum absolute atomic E-state index is 0.0349. The van der Waals surface area contributed by atoms with E-state index in [-0.39, 0.29) is 34.7 Å². The Balaban J connectivity index is 1.53. The van der Waals surface area contributed by atoms with Crippen molar-refractivity contribution in [3.63, 3.8) is 0 Å². The molecular formula is C31H44N2O3. The third kappa shape index (κ3) is 5.19. The van der Waals surface area contributed by atoms with Crippen molar-refractivity contribution in [3.8, 4) is 11.5 Å². The maximum atomic E-state index is 14.3. The molecule has 2 aromatic rings. The number of ketones is 1. The molecular weight excluding hydrogens is 448 g/mol. The number of piperidine rings is 2. The van der Waals surface area contributed by atoms with Gasteiger partial charge in [-0.15, -0.1) is 0 Å². The Morgan fingerprint density at radius 3 is 1.53 bits per heavy atom. The number of Topliss-reactive ketones (excluding diaryl/α,β-unsaturated/α-hetero) is 1. The van der Waals surface area contributed by atoms with Crippen molar-refractivity contribution in [2.75, 3.05) is 27.3 Å². The number of hydrogen-bond acceptors (Lipinski definition) is 5. The summed E-state index contributed by atoms with van der Waals surface area (Å²) >= 11 is 0. The summed E-state index contributed by atoms with van der Waals surface area (Å²) in [6.07, 6.45) is 3.50. The second-order valence-corrected chi connectivity index (χ2v) is 11.8. The predicted octanol–water partition coefficient (Wildman–Crippen LogP) is 5.07. The highest BCUT2D eigenvalue weighted by molar-refractivity contribution is 5.85. The van der Waals surface area contributed by atoms with E-state index in [1.807, 2.05) is 24.3 Å². The molecule has 4 rings (SSSR count). The molecule has 2 fully saturated rings. The number of hydrogen-bond donors (Lipinski definition) is 2. The normalized spacial score (nSPS) is 27.3. The van der Waals surface area contributed by atoms with Crippen molar-refractivity contribution in [1.82, 2.24) is 10.6 Å². The van der Waals surface area contributed by atoms with Crippen molar-refractivity contribution in [2.45, 2.75) is 65.5 Å². The van der Waals surface area contributed by atoms with Crippen molar-refractivity contribution >= 4 is 5.78 Å². The summed E-state index contributed by atoms with van der Waals surface area (Å²) in [5.74, 6) is 2.35. The highest BCUT2D eigenvalue weighted by Gasteiger charge is 2.51. The maximum absolute atomic E-state index is 14.3. The Hall–Kier alpha value is -2.37. The van der Waals surface area contributed by atoms with Crippen LogP contribution in [0.5, 0.6) is 11.5 Å². The first-order valence-corrected chi connectivity index (χ1v) is 13.4. The summed E-state index contributed by atoms with van der Waals surface area (Å²) in [7, 11) is 3.45. The zero-order valence-corrected chi connectivity index (χ0v) is 22.9. The van der Waals surface area contributed by atoms with E-state index < -0.39 is 0 Å². The van der Waals surface area contributed by atoms with E-state index in [1.165, 1.54) is 11.1 Å². The topological polar surface area (TPSA) is 59.6 Å². The van der Waals surface area contributed by atoms with Crippen molar-refractivity contribution in [2.24, 2.45) is 22.7 Å². The average molecular weight is 493 g/mol. The van der Waals surface area contributed by atoms with Crippen molar-refractivity contribution in [3.05, 3.63) is 59.7 Å². The van der Waals surface area contributed by atoms with Gasteiger partial charge in [-0.25, -0.2) is 0 Å². The van der Waals surface area contributed by atoms with Crippen molar-refractivity contribution in [1.29, 1.82) is 0 Å². The predicted molar refractivity (Wildman–Crippen MR) is 146 cm³/mol. The number of methoxy groups -OCH3 is 2. The molecule has 2 heterocycles. The summed E-state index contributed by atoms with van der Waals surface area (Å²) in [6, 6.07) is 16.9. The molecule has 36 heavy (non-hydrogen) atoms. The van der Waals surface area contributed by atoms with Gasteiger partial charge in [-0.2, -0.15) is 0 Å². The van der Waals surface area contributed by atoms with Crippen LogP contribution in [0.1, 0.15) is 51.7 Å². The second kappa shape index (κ2) is 10.9. The molecule has 0 saturated carbocycles. The maximum Gasteiger partial charge on any atom is 0.140 e. The molecule has 0 amide bonds. The van der Waals surface area contributed by atoms with Crippen LogP contribution in [0.25, 0.3) is 0 Å². The molecule has 0 aromatic heterocycles. The number of rotatable bonds is 8. The van der Waals surface area contributed by atoms with Crippen LogP contribution in [0.2, 0.25) is 0 Å². The molecule has 0 spiro atoms. The number of benzene rings is 2. The largest absolute Gasteiger partial charge is 0.496 e. The standard InChI is InChI=1S/C31H44N2O3/c1-30(2)23(15-17-32-27(30)19-21-11-7-9-13-25(21)35-5)29(34)24-16-18-33-28(31(24,3)4)20-22-12-8-10-14-26(22)36-6/h7-14,23-24,27-28,32-33H,15-20H2,1-6H3. The van der Waals surface area contributed by atoms with Crippen LogP contribution in [0.3, 0.4) is 0 Å². The monoisotopic (exact) mass is 492 g/mol. The van der Waals surface area contributed by atoms with E-state index in [2.05, 4.69) is 62.6 Å². The lowest BCUT2D eigenvalue weighted by Crippen LogP contribution is -2.60. The molecule has 2 aromatic carbocycles. The average Bonchev–Trinajstić information content (AvgIpc) is 2.86. The van der Waals surface area contributed by atoms with E-state index in [0.717, 1.165) is 50.3 Å². The van der Waals surface area contributed by atoms with Gasteiger partial charge >= 0.3 is 0 Å². The van der Waals surface area contributed by atoms with Gasteiger partial charge in [-0.05, 0) is 72.9 Å². The Labute approximate surface area is 217 Å². The Morgan fingerprint density at radius 1 is 0.750 bits per heavy atom. The van der Waals surface area contributed by atoms with Crippen molar-refractivity contribution < 1.29 is 14.3 Å². The summed E-state index contributed by atoms with van der Waals surface area (Å²) in [5, 5.41) is 7.48. The fraction of sp³-hybridized carbons (Fsp3) is 0.581. The van der Waals surface area contributed by atoms with Gasteiger partial charge in [0.25, 0.3) is 0 Å². The van der Waals surface area contributed by atoms with Gasteiger partial charge in [-0.1, -0.05) is 64.1 Å². The Morgan fingerprint density at radius 2 is 1.14 bits per heavy atom. The van der Waals surface area contributed by atoms with Gasteiger partial charge in [0, 0.05) is 23.9 Å². The van der Waals surface area contributed by atoms with Gasteiger partial charge < -0.3 is 20.1 Å². The van der Waals surface area contributed by atoms with Gasteiger partial charge in [0.05, 0.1) is 14.2 Å². The van der Waals surface area contributed by atoms with Crippen LogP contribution in [-0.4, -0.2) is 45.2 Å². The first kappa shape index (κ1) is 26.7. The van der Waals surface area contributed by atoms with Gasteiger partial charge in [0.15, 0.2) is 0 Å². The molecule has 5 nitrogen and oxygen atoms in total. The van der Waals surface area contributed by atoms with Crippen LogP contribution in [-0.2, 0) is 17.6 Å². The summed E-state index contributed by atoms with van der Waals surface area (Å²) in [5.41, 5.74) is 2.07. The molecule has 4 atom stereocenters. The van der Waals surface area contributed by atoms with Crippen LogP contribution in [0, 0.1) is 22.7 Å². The van der Waals surface area contributed by atoms with Crippen LogP contribution in [0.15, 0.2) is 48.5 Å². The minimum atomic E-state index is -0.157. The molecule has 2 aliphatic heterocycles. The molecule has 2 N–H and O–H groups in total. The number of carbonyl (C=O) groups excluding carboxylic acids is 1. The quantitative estimate of drug-likeness (QED) is 0.539. The SMILES string of the molecule is COc1ccccc1CC1NCCC(C(=O)C2CCNC(Cc3ccccc3OC)C2(C)C)C1(C)C. The van der Waals surface area contributed by atoms with E-state index in [9.17, 15) is 4.79 Å². The van der Waals surface area contributed by atoms with Gasteiger partial charge in [-0.3, -0.25) is 4.79 Å². The molecule has 0 bridgehead atoms. The lowest BCUT2D eigenvalue weighted by molar-refractivity contribution is -0.139. The number of ether oxygens (including phenoxy) is 2. The third-order valence-corrected chi connectivity index (χ3v) is 9.16. The number of nitrogens with one attached hydrogen (secondary N) is 2. The summed E-state index contributed by atoms with van der Waals surface area (Å²) in [4.78, 5) is 14.3. The molecule has 0 aliphatic carbocycles. The summed E-state index contributed by atoms with van der Waals surface area (Å²) < 4.78 is 11.2. The summed E-state index contributed by atoms with van der Waals surface area (Å²) in [6.45, 7) is 10.9. The van der Waals surface area contributed by atoms with Gasteiger partial charge in [0.1, 0.15) is 17.3 Å².